The van der Waals surface area contributed by atoms with Gasteiger partial charge in [0.15, 0.2) is 0 Å². The van der Waals surface area contributed by atoms with Crippen molar-refractivity contribution in [1.29, 1.82) is 0 Å². The summed E-state index contributed by atoms with van der Waals surface area (Å²) >= 11 is 0. The Hall–Kier alpha value is -1.84. The molecule has 0 aliphatic heterocycles. The van der Waals surface area contributed by atoms with Gasteiger partial charge >= 0.3 is 5.97 Å². The van der Waals surface area contributed by atoms with Gasteiger partial charge in [-0.25, -0.2) is 0 Å². The van der Waals surface area contributed by atoms with Crippen molar-refractivity contribution in [2.24, 2.45) is 5.92 Å². The third kappa shape index (κ3) is 5.58. The number of hydrogen-bond donors (Lipinski definition) is 1. The molecule has 1 amide bonds. The number of aryl methyl sites for hydroxylation is 1. The molecule has 1 unspecified atom stereocenters. The molecule has 1 aromatic carbocycles. The minimum Gasteiger partial charge on any atom is -0.481 e. The van der Waals surface area contributed by atoms with Gasteiger partial charge in [0, 0.05) is 18.7 Å². The number of hydrogen-bond acceptors (Lipinski definition) is 2. The van der Waals surface area contributed by atoms with Gasteiger partial charge in [-0.1, -0.05) is 44.4 Å². The van der Waals surface area contributed by atoms with Crippen LogP contribution in [0.1, 0.15) is 49.0 Å². The van der Waals surface area contributed by atoms with E-state index in [1.807, 2.05) is 25.1 Å². The van der Waals surface area contributed by atoms with Gasteiger partial charge in [0.25, 0.3) is 5.91 Å². The standard InChI is InChI=1S/C17H25NO3/c1-4-5-6-10-18(12-14(3)17(20)21)16(19)15-9-7-8-13(2)11-15/h7-9,11,14H,4-6,10,12H2,1-3H3,(H,20,21). The molecule has 1 rings (SSSR count). The van der Waals surface area contributed by atoms with Crippen LogP contribution in [-0.2, 0) is 4.79 Å². The van der Waals surface area contributed by atoms with Gasteiger partial charge in [-0.2, -0.15) is 0 Å². The Kier molecular flexibility index (Phi) is 6.92. The number of carbonyl (C=O) groups excluding carboxylic acids is 1. The smallest absolute Gasteiger partial charge is 0.308 e. The van der Waals surface area contributed by atoms with Crippen molar-refractivity contribution in [3.8, 4) is 0 Å². The van der Waals surface area contributed by atoms with Crippen LogP contribution in [0.15, 0.2) is 24.3 Å². The zero-order valence-electron chi connectivity index (χ0n) is 13.1. The van der Waals surface area contributed by atoms with Gasteiger partial charge in [-0.3, -0.25) is 9.59 Å². The number of rotatable bonds is 8. The van der Waals surface area contributed by atoms with E-state index in [0.29, 0.717) is 12.1 Å². The van der Waals surface area contributed by atoms with Gasteiger partial charge in [-0.05, 0) is 25.5 Å². The lowest BCUT2D eigenvalue weighted by molar-refractivity contribution is -0.141. The number of carbonyl (C=O) groups is 2. The number of nitrogens with zero attached hydrogens (tertiary/aromatic N) is 1. The monoisotopic (exact) mass is 291 g/mol. The Morgan fingerprint density at radius 2 is 2.00 bits per heavy atom. The van der Waals surface area contributed by atoms with Crippen LogP contribution in [-0.4, -0.2) is 35.0 Å². The maximum Gasteiger partial charge on any atom is 0.308 e. The van der Waals surface area contributed by atoms with Gasteiger partial charge in [-0.15, -0.1) is 0 Å². The number of carboxylic acid groups (broad SMARTS) is 1. The molecule has 116 valence electrons. The molecule has 0 aliphatic rings. The summed E-state index contributed by atoms with van der Waals surface area (Å²) in [7, 11) is 0. The van der Waals surface area contributed by atoms with Crippen LogP contribution in [0.4, 0.5) is 0 Å². The third-order valence-electron chi connectivity index (χ3n) is 3.50. The summed E-state index contributed by atoms with van der Waals surface area (Å²) in [4.78, 5) is 25.3. The van der Waals surface area contributed by atoms with Gasteiger partial charge in [0.1, 0.15) is 0 Å². The summed E-state index contributed by atoms with van der Waals surface area (Å²) in [5, 5.41) is 9.06. The van der Waals surface area contributed by atoms with E-state index >= 15 is 0 Å². The fourth-order valence-electron chi connectivity index (χ4n) is 2.20. The van der Waals surface area contributed by atoms with E-state index < -0.39 is 11.9 Å². The topological polar surface area (TPSA) is 57.6 Å². The summed E-state index contributed by atoms with van der Waals surface area (Å²) in [6.07, 6.45) is 3.01. The van der Waals surface area contributed by atoms with Crippen molar-refractivity contribution >= 4 is 11.9 Å². The minimum absolute atomic E-state index is 0.0806. The first-order valence-corrected chi connectivity index (χ1v) is 7.54. The number of unbranched alkanes of at least 4 members (excludes halogenated alkanes) is 2. The molecule has 0 saturated carbocycles. The molecule has 0 aromatic heterocycles. The van der Waals surface area contributed by atoms with Gasteiger partial charge < -0.3 is 10.0 Å². The lowest BCUT2D eigenvalue weighted by Gasteiger charge is -2.25. The van der Waals surface area contributed by atoms with Crippen LogP contribution >= 0.6 is 0 Å². The molecule has 0 saturated heterocycles. The molecule has 0 aliphatic carbocycles. The predicted octanol–water partition coefficient (Wildman–Crippen LogP) is 3.35. The summed E-state index contributed by atoms with van der Waals surface area (Å²) in [5.74, 6) is -1.50. The second-order valence-corrected chi connectivity index (χ2v) is 5.57. The van der Waals surface area contributed by atoms with E-state index in [2.05, 4.69) is 6.92 Å². The van der Waals surface area contributed by atoms with E-state index in [1.54, 1.807) is 17.9 Å². The lowest BCUT2D eigenvalue weighted by atomic mass is 10.1. The van der Waals surface area contributed by atoms with E-state index in [0.717, 1.165) is 24.8 Å². The molecule has 0 radical (unpaired) electrons. The molecule has 21 heavy (non-hydrogen) atoms. The molecule has 0 heterocycles. The molecule has 0 bridgehead atoms. The highest BCUT2D eigenvalue weighted by atomic mass is 16.4. The zero-order valence-corrected chi connectivity index (χ0v) is 13.1. The third-order valence-corrected chi connectivity index (χ3v) is 3.50. The average Bonchev–Trinajstić information content (AvgIpc) is 2.45. The summed E-state index contributed by atoms with van der Waals surface area (Å²) in [6, 6.07) is 7.43. The minimum atomic E-state index is -0.868. The largest absolute Gasteiger partial charge is 0.481 e. The number of benzene rings is 1. The van der Waals surface area contributed by atoms with Gasteiger partial charge in [0.2, 0.25) is 0 Å². The second kappa shape index (κ2) is 8.45. The van der Waals surface area contributed by atoms with Crippen LogP contribution in [0.25, 0.3) is 0 Å². The van der Waals surface area contributed by atoms with Crippen LogP contribution in [0, 0.1) is 12.8 Å². The van der Waals surface area contributed by atoms with E-state index in [9.17, 15) is 9.59 Å². The normalized spacial score (nSPS) is 12.0. The first kappa shape index (κ1) is 17.2. The summed E-state index contributed by atoms with van der Waals surface area (Å²) < 4.78 is 0. The second-order valence-electron chi connectivity index (χ2n) is 5.57. The van der Waals surface area contributed by atoms with E-state index in [1.165, 1.54) is 0 Å². The molecule has 4 heteroatoms. The predicted molar refractivity (Wildman–Crippen MR) is 83.4 cm³/mol. The highest BCUT2D eigenvalue weighted by Crippen LogP contribution is 2.12. The first-order chi connectivity index (χ1) is 9.95. The Morgan fingerprint density at radius 3 is 2.57 bits per heavy atom. The quantitative estimate of drug-likeness (QED) is 0.747. The first-order valence-electron chi connectivity index (χ1n) is 7.54. The SMILES string of the molecule is CCCCCN(CC(C)C(=O)O)C(=O)c1cccc(C)c1. The summed E-state index contributed by atoms with van der Waals surface area (Å²) in [6.45, 7) is 6.55. The maximum absolute atomic E-state index is 12.6. The van der Waals surface area contributed by atoms with Crippen molar-refractivity contribution in [2.75, 3.05) is 13.1 Å². The highest BCUT2D eigenvalue weighted by Gasteiger charge is 2.21. The number of aliphatic carboxylic acids is 1. The van der Waals surface area contributed by atoms with E-state index in [4.69, 9.17) is 5.11 Å². The Morgan fingerprint density at radius 1 is 1.29 bits per heavy atom. The number of carboxylic acids is 1. The highest BCUT2D eigenvalue weighted by molar-refractivity contribution is 5.94. The Bertz CT molecular complexity index is 485. The van der Waals surface area contributed by atoms with Crippen molar-refractivity contribution in [3.63, 3.8) is 0 Å². The Labute approximate surface area is 126 Å². The number of amides is 1. The molecular formula is C17H25NO3. The van der Waals surface area contributed by atoms with Gasteiger partial charge in [0.05, 0.1) is 5.92 Å². The molecule has 1 aromatic rings. The average molecular weight is 291 g/mol. The van der Waals surface area contributed by atoms with Crippen LogP contribution in [0.2, 0.25) is 0 Å². The summed E-state index contributed by atoms with van der Waals surface area (Å²) in [5.41, 5.74) is 1.66. The molecule has 0 spiro atoms. The van der Waals surface area contributed by atoms with Crippen molar-refractivity contribution in [2.45, 2.75) is 40.0 Å². The van der Waals surface area contributed by atoms with Crippen molar-refractivity contribution in [3.05, 3.63) is 35.4 Å². The van der Waals surface area contributed by atoms with Crippen molar-refractivity contribution in [1.82, 2.24) is 4.90 Å². The fourth-order valence-corrected chi connectivity index (χ4v) is 2.20. The van der Waals surface area contributed by atoms with E-state index in [-0.39, 0.29) is 12.5 Å². The van der Waals surface area contributed by atoms with Crippen LogP contribution in [0.3, 0.4) is 0 Å². The van der Waals surface area contributed by atoms with Crippen molar-refractivity contribution < 1.29 is 14.7 Å². The van der Waals surface area contributed by atoms with Crippen LogP contribution < -0.4 is 0 Å². The molecule has 1 atom stereocenters. The molecular weight excluding hydrogens is 266 g/mol. The fraction of sp³-hybridized carbons (Fsp3) is 0.529. The van der Waals surface area contributed by atoms with Crippen LogP contribution in [0.5, 0.6) is 0 Å². The Balaban J connectivity index is 2.83. The maximum atomic E-state index is 12.6. The lowest BCUT2D eigenvalue weighted by Crippen LogP contribution is -2.37. The zero-order chi connectivity index (χ0) is 15.8. The molecule has 1 N–H and O–H groups in total. The molecule has 0 fully saturated rings. The molecule has 4 nitrogen and oxygen atoms in total.